The molecule has 1 aliphatic heterocycles. The van der Waals surface area contributed by atoms with Crippen LogP contribution >= 0.6 is 7.26 Å². The molecule has 0 bridgehead atoms. The van der Waals surface area contributed by atoms with E-state index in [0.717, 1.165) is 83.8 Å². The summed E-state index contributed by atoms with van der Waals surface area (Å²) in [4.78, 5) is 2.27. The highest BCUT2D eigenvalue weighted by Gasteiger charge is 2.35. The lowest BCUT2D eigenvalue weighted by Gasteiger charge is -2.41. The predicted molar refractivity (Wildman–Crippen MR) is 574 cm³/mol. The van der Waals surface area contributed by atoms with Crippen LogP contribution in [0.4, 0.5) is 0 Å². The van der Waals surface area contributed by atoms with Gasteiger partial charge < -0.3 is 51.1 Å². The van der Waals surface area contributed by atoms with Crippen molar-refractivity contribution < 1.29 is 46.2 Å². The van der Waals surface area contributed by atoms with E-state index in [9.17, 15) is 0 Å². The zero-order valence-electron chi connectivity index (χ0n) is 88.5. The van der Waals surface area contributed by atoms with E-state index >= 15 is 0 Å². The maximum Gasteiger partial charge on any atom is 0.102 e. The standard InChI is InChI=1S/C32H68P.2C16H36NO.C13H28N.C12H29N2.C10H24NO.C8H20NO.4CH4/c1-5-9-13-17-18-19-20-21-22-23-24-28-32-33(29-25-14-10-6-2,30-26-15-11-7-3)31-27-16-12-8-4;1-5-7-9-10-11-12-13-17(3,4)14-16-18-15-8-6-2;1-5-7-9-11-13-17(3,4)14-16-18-15-12-10-8-6-2;1-3-5-6-8-11-14(4-2)12-9-7-10-13-14;1-6-7-8-9-11-14(4,5)12-10-13(2)3;1-4-5-6-7-8-11(2,3)9-10-12;1-5-9(3,4)7-8-10-6-2;;;;/h5-32H2,1-4H3;2*5-16H2,1-4H3;3-13H2,1-2H3;6-12H2,1-5H3;12H,4-10H2,1-3H3;5-8H2,1-4H3;4*1H4/q7*+1;;;;. The summed E-state index contributed by atoms with van der Waals surface area (Å²) in [7, 11) is 26.4. The first-order valence-electron chi connectivity index (χ1n) is 53.8. The zero-order valence-corrected chi connectivity index (χ0v) is 89.4. The van der Waals surface area contributed by atoms with Crippen LogP contribution in [0.2, 0.25) is 0 Å². The molecule has 0 amide bonds. The number of nitrogens with zero attached hydrogens (tertiary/aromatic N) is 7. The van der Waals surface area contributed by atoms with Crippen molar-refractivity contribution in [2.45, 2.75) is 480 Å². The van der Waals surface area contributed by atoms with Crippen molar-refractivity contribution in [2.24, 2.45) is 0 Å². The maximum atomic E-state index is 8.79. The minimum Gasteiger partial charge on any atom is -0.391 e. The quantitative estimate of drug-likeness (QED) is 0.0374. The Hall–Kier alpha value is -0.01000. The first-order chi connectivity index (χ1) is 57.0. The van der Waals surface area contributed by atoms with Crippen LogP contribution in [0.5, 0.6) is 0 Å². The normalized spacial score (nSPS) is 12.7. The van der Waals surface area contributed by atoms with Gasteiger partial charge in [-0.1, -0.05) is 311 Å². The molecule has 0 aromatic heterocycles. The summed E-state index contributed by atoms with van der Waals surface area (Å²) in [6, 6.07) is 0. The Balaban J connectivity index is -0.000000156. The van der Waals surface area contributed by atoms with Gasteiger partial charge in [0.1, 0.15) is 26.2 Å². The molecule has 1 rings (SSSR count). The van der Waals surface area contributed by atoms with E-state index in [4.69, 9.17) is 19.3 Å². The van der Waals surface area contributed by atoms with Crippen molar-refractivity contribution in [1.29, 1.82) is 0 Å². The third-order valence-corrected chi connectivity index (χ3v) is 31.1. The molecule has 123 heavy (non-hydrogen) atoms. The largest absolute Gasteiger partial charge is 0.391 e. The Kier molecular flexibility index (Phi) is 125. The predicted octanol–water partition coefficient (Wildman–Crippen LogP) is 32.0. The number of ether oxygens (including phenoxy) is 3. The van der Waals surface area contributed by atoms with Gasteiger partial charge in [0, 0.05) is 33.6 Å². The molecule has 1 N–H and O–H groups in total. The number of unbranched alkanes of at least 4 members (excludes halogenated alkanes) is 41. The van der Waals surface area contributed by atoms with Gasteiger partial charge in [-0.3, -0.25) is 0 Å². The molecule has 11 nitrogen and oxygen atoms in total. The molecule has 0 aliphatic carbocycles. The molecule has 12 heteroatoms. The number of aliphatic hydroxyl groups excluding tert-OH is 1. The average Bonchev–Trinajstić information content (AvgIpc) is 0.863. The molecule has 0 atom stereocenters. The van der Waals surface area contributed by atoms with Crippen LogP contribution in [0.1, 0.15) is 480 Å². The summed E-state index contributed by atoms with van der Waals surface area (Å²) in [5.41, 5.74) is 0. The molecular weight excluding hydrogens is 1530 g/mol. The van der Waals surface area contributed by atoms with Gasteiger partial charge in [0.25, 0.3) is 0 Å². The number of aliphatic hydroxyl groups is 1. The second kappa shape index (κ2) is 107. The average molecular weight is 1790 g/mol. The van der Waals surface area contributed by atoms with E-state index in [1.165, 1.54) is 408 Å². The monoisotopic (exact) mass is 1780 g/mol. The minimum absolute atomic E-state index is 0. The van der Waals surface area contributed by atoms with Crippen molar-refractivity contribution in [2.75, 3.05) is 254 Å². The van der Waals surface area contributed by atoms with E-state index in [1.54, 1.807) is 50.3 Å². The lowest BCUT2D eigenvalue weighted by atomic mass is 10.1. The van der Waals surface area contributed by atoms with Crippen LogP contribution in [0.15, 0.2) is 0 Å². The number of likely N-dealkylation sites (tertiary alicyclic amines) is 1. The second-order valence-corrected chi connectivity index (χ2v) is 45.5. The van der Waals surface area contributed by atoms with Crippen LogP contribution in [0.25, 0.3) is 0 Å². The molecule has 0 aromatic rings. The van der Waals surface area contributed by atoms with Crippen LogP contribution in [0.3, 0.4) is 0 Å². The van der Waals surface area contributed by atoms with Gasteiger partial charge in [-0.25, -0.2) is 0 Å². The third-order valence-electron chi connectivity index (χ3n) is 26.1. The van der Waals surface area contributed by atoms with Crippen molar-refractivity contribution in [3.05, 3.63) is 0 Å². The molecule has 0 spiro atoms. The van der Waals surface area contributed by atoms with Crippen LogP contribution in [-0.2, 0) is 14.2 Å². The topological polar surface area (TPSA) is 51.2 Å². The highest BCUT2D eigenvalue weighted by molar-refractivity contribution is 7.75. The molecule has 1 aliphatic rings. The highest BCUT2D eigenvalue weighted by atomic mass is 31.2. The van der Waals surface area contributed by atoms with Gasteiger partial charge in [-0.05, 0) is 183 Å². The SMILES string of the molecule is C.C.C.C.CCCCCCCCCCCCCC[P+](CCCCCC)(CCCCCC)CCCCCC.CCCCCCCC[N+](C)(C)CCOCCCC.CCCCCCOCC[N+](C)(C)CCCCCC.CCCCCC[N+](C)(C)CCN(C)C.CCCCCC[N+](C)(C)CCO.CCCCCC[N+]1(CC)CCCCC1.CCOCC[N+](C)(C)CC. The van der Waals surface area contributed by atoms with Crippen molar-refractivity contribution in [3.8, 4) is 0 Å². The summed E-state index contributed by atoms with van der Waals surface area (Å²) in [6.45, 7) is 56.4. The molecule has 0 unspecified atom stereocenters. The smallest absolute Gasteiger partial charge is 0.102 e. The molecule has 0 radical (unpaired) electrons. The first-order valence-corrected chi connectivity index (χ1v) is 56.4. The Bertz CT molecular complexity index is 1820. The molecule has 0 aromatic carbocycles. The Morgan fingerprint density at radius 2 is 0.512 bits per heavy atom. The van der Waals surface area contributed by atoms with E-state index in [2.05, 4.69) is 179 Å². The lowest BCUT2D eigenvalue weighted by Crippen LogP contribution is -2.51. The minimum atomic E-state index is -0.697. The van der Waals surface area contributed by atoms with Gasteiger partial charge in [-0.15, -0.1) is 0 Å². The maximum absolute atomic E-state index is 8.79. The Labute approximate surface area is 787 Å². The lowest BCUT2D eigenvalue weighted by molar-refractivity contribution is -0.931. The fraction of sp³-hybridized carbons (Fsp3) is 1.00. The highest BCUT2D eigenvalue weighted by Crippen LogP contribution is 2.61. The van der Waals surface area contributed by atoms with Crippen molar-refractivity contribution in [1.82, 2.24) is 4.90 Å². The zero-order chi connectivity index (χ0) is 90.5. The first kappa shape index (κ1) is 143. The van der Waals surface area contributed by atoms with E-state index in [-0.39, 0.29) is 29.7 Å². The summed E-state index contributed by atoms with van der Waals surface area (Å²) in [5, 5.41) is 8.79. The number of rotatable bonds is 80. The number of piperidine rings is 1. The van der Waals surface area contributed by atoms with Crippen LogP contribution < -0.4 is 0 Å². The van der Waals surface area contributed by atoms with Crippen molar-refractivity contribution >= 4 is 7.26 Å². The van der Waals surface area contributed by atoms with E-state index in [1.807, 2.05) is 6.92 Å². The Morgan fingerprint density at radius 1 is 0.260 bits per heavy atom. The molecule has 0 saturated carbocycles. The van der Waals surface area contributed by atoms with Gasteiger partial charge in [0.15, 0.2) is 0 Å². The van der Waals surface area contributed by atoms with Gasteiger partial charge in [0.05, 0.1) is 187 Å². The van der Waals surface area contributed by atoms with Gasteiger partial charge >= 0.3 is 0 Å². The fourth-order valence-corrected chi connectivity index (χ4v) is 21.0. The van der Waals surface area contributed by atoms with Gasteiger partial charge in [0.2, 0.25) is 0 Å². The van der Waals surface area contributed by atoms with E-state index < -0.39 is 7.26 Å². The number of quaternary nitrogens is 6. The summed E-state index contributed by atoms with van der Waals surface area (Å²) < 4.78 is 23.5. The molecule has 1 heterocycles. The van der Waals surface area contributed by atoms with Crippen molar-refractivity contribution in [3.63, 3.8) is 0 Å². The molecule has 758 valence electrons. The number of hydrogen-bond acceptors (Lipinski definition) is 5. The van der Waals surface area contributed by atoms with Crippen LogP contribution in [0, 0.1) is 0 Å². The summed E-state index contributed by atoms with van der Waals surface area (Å²) >= 11 is 0. The molecule has 1 fully saturated rings. The van der Waals surface area contributed by atoms with E-state index in [0.29, 0.717) is 6.61 Å². The fourth-order valence-electron chi connectivity index (χ4n) is 16.1. The second-order valence-electron chi connectivity index (χ2n) is 41.1. The Morgan fingerprint density at radius 3 is 0.813 bits per heavy atom. The number of hydrogen-bond donors (Lipinski definition) is 1. The van der Waals surface area contributed by atoms with Gasteiger partial charge in [-0.2, -0.15) is 0 Å². The summed E-state index contributed by atoms with van der Waals surface area (Å²) in [5.74, 6) is 0. The molecule has 1 saturated heterocycles. The van der Waals surface area contributed by atoms with Crippen LogP contribution in [-0.4, -0.2) is 291 Å². The summed E-state index contributed by atoms with van der Waals surface area (Å²) in [6.07, 6.45) is 84.5. The molecular formula is C111H257N7O4P+7. The number of likely N-dealkylation sites (N-methyl/N-ethyl adjacent to an activating group) is 6. The third kappa shape index (κ3) is 116.